The van der Waals surface area contributed by atoms with Crippen molar-refractivity contribution in [2.24, 2.45) is 5.92 Å². The van der Waals surface area contributed by atoms with Gasteiger partial charge in [-0.25, -0.2) is 9.97 Å². The second kappa shape index (κ2) is 6.87. The van der Waals surface area contributed by atoms with Gasteiger partial charge >= 0.3 is 0 Å². The number of carbonyl (C=O) groups is 2. The standard InChI is InChI=1S/C20H19N5O2S/c26-18-10-22-19-15(25(18)11-12-5-6-12)7-13(8-21-19)20(27)23-9-17-24-14-3-1-2-4-16(14)28-17/h1-4,7-8,12H,5-6,9-11H2,(H,21,22)(H,23,27). The van der Waals surface area contributed by atoms with E-state index in [1.165, 1.54) is 0 Å². The number of hydrogen-bond donors (Lipinski definition) is 2. The van der Waals surface area contributed by atoms with Crippen LogP contribution in [0.5, 0.6) is 0 Å². The van der Waals surface area contributed by atoms with E-state index in [-0.39, 0.29) is 18.4 Å². The third-order valence-corrected chi connectivity index (χ3v) is 6.04. The van der Waals surface area contributed by atoms with Gasteiger partial charge in [0.05, 0.1) is 34.6 Å². The topological polar surface area (TPSA) is 87.2 Å². The number of fused-ring (bicyclic) bond motifs is 2. The van der Waals surface area contributed by atoms with Gasteiger partial charge in [-0.2, -0.15) is 0 Å². The highest BCUT2D eigenvalue weighted by molar-refractivity contribution is 7.18. The molecule has 0 spiro atoms. The third-order valence-electron chi connectivity index (χ3n) is 5.00. The van der Waals surface area contributed by atoms with E-state index in [0.29, 0.717) is 36.1 Å². The summed E-state index contributed by atoms with van der Waals surface area (Å²) in [6.45, 7) is 1.31. The Morgan fingerprint density at radius 2 is 2.18 bits per heavy atom. The first-order chi connectivity index (χ1) is 13.7. The predicted octanol–water partition coefficient (Wildman–Crippen LogP) is 2.79. The van der Waals surface area contributed by atoms with E-state index in [2.05, 4.69) is 20.6 Å². The number of pyridine rings is 1. The molecule has 5 rings (SSSR count). The summed E-state index contributed by atoms with van der Waals surface area (Å²) in [6, 6.07) is 9.66. The summed E-state index contributed by atoms with van der Waals surface area (Å²) < 4.78 is 1.10. The molecule has 1 fully saturated rings. The van der Waals surface area contributed by atoms with Crippen molar-refractivity contribution >= 4 is 44.9 Å². The fourth-order valence-electron chi connectivity index (χ4n) is 3.32. The molecule has 0 radical (unpaired) electrons. The molecule has 0 unspecified atom stereocenters. The first-order valence-electron chi connectivity index (χ1n) is 9.34. The van der Waals surface area contributed by atoms with Crippen molar-refractivity contribution in [2.45, 2.75) is 19.4 Å². The van der Waals surface area contributed by atoms with Crippen LogP contribution in [0.1, 0.15) is 28.2 Å². The molecule has 1 aliphatic carbocycles. The van der Waals surface area contributed by atoms with Crippen LogP contribution in [0.2, 0.25) is 0 Å². The highest BCUT2D eigenvalue weighted by Gasteiger charge is 2.32. The van der Waals surface area contributed by atoms with E-state index in [9.17, 15) is 9.59 Å². The summed E-state index contributed by atoms with van der Waals surface area (Å²) in [5.41, 5.74) is 2.07. The minimum Gasteiger partial charge on any atom is -0.359 e. The molecule has 8 heteroatoms. The van der Waals surface area contributed by atoms with Gasteiger partial charge in [0.1, 0.15) is 10.8 Å². The SMILES string of the molecule is O=C(NCc1nc2ccccc2s1)c1cnc2c(c1)N(CC1CC1)C(=O)CN2. The molecule has 0 bridgehead atoms. The molecule has 3 aromatic rings. The Labute approximate surface area is 165 Å². The number of carbonyl (C=O) groups excluding carboxylic acids is 2. The smallest absolute Gasteiger partial charge is 0.253 e. The summed E-state index contributed by atoms with van der Waals surface area (Å²) in [6.07, 6.45) is 3.86. The molecule has 3 heterocycles. The molecule has 2 amide bonds. The zero-order valence-electron chi connectivity index (χ0n) is 15.1. The Hall–Kier alpha value is -3.00. The number of hydrogen-bond acceptors (Lipinski definition) is 6. The van der Waals surface area contributed by atoms with Crippen LogP contribution in [0.25, 0.3) is 10.2 Å². The third kappa shape index (κ3) is 3.31. The lowest BCUT2D eigenvalue weighted by Gasteiger charge is -2.29. The van der Waals surface area contributed by atoms with E-state index in [4.69, 9.17) is 0 Å². The van der Waals surface area contributed by atoms with Gasteiger partial charge in [0.2, 0.25) is 5.91 Å². The number of amides is 2. The monoisotopic (exact) mass is 393 g/mol. The van der Waals surface area contributed by atoms with E-state index in [1.54, 1.807) is 28.5 Å². The van der Waals surface area contributed by atoms with Crippen LogP contribution in [0.4, 0.5) is 11.5 Å². The molecule has 28 heavy (non-hydrogen) atoms. The number of nitrogens with zero attached hydrogens (tertiary/aromatic N) is 3. The normalized spacial score (nSPS) is 16.0. The molecule has 2 aromatic heterocycles. The van der Waals surface area contributed by atoms with E-state index in [0.717, 1.165) is 28.1 Å². The minimum absolute atomic E-state index is 0.0215. The van der Waals surface area contributed by atoms with Gasteiger partial charge in [-0.1, -0.05) is 12.1 Å². The van der Waals surface area contributed by atoms with Crippen molar-refractivity contribution in [3.05, 3.63) is 47.1 Å². The highest BCUT2D eigenvalue weighted by atomic mass is 32.1. The lowest BCUT2D eigenvalue weighted by atomic mass is 10.2. The van der Waals surface area contributed by atoms with Crippen molar-refractivity contribution in [1.29, 1.82) is 0 Å². The van der Waals surface area contributed by atoms with Crippen LogP contribution in [0.15, 0.2) is 36.5 Å². The Morgan fingerprint density at radius 3 is 3.00 bits per heavy atom. The molecule has 1 aliphatic heterocycles. The zero-order chi connectivity index (χ0) is 19.1. The Kier molecular flexibility index (Phi) is 4.20. The lowest BCUT2D eigenvalue weighted by molar-refractivity contribution is -0.117. The Bertz CT molecular complexity index is 1040. The van der Waals surface area contributed by atoms with Gasteiger partial charge in [0.25, 0.3) is 5.91 Å². The van der Waals surface area contributed by atoms with E-state index >= 15 is 0 Å². The average molecular weight is 393 g/mol. The van der Waals surface area contributed by atoms with Gasteiger partial charge in [-0.15, -0.1) is 11.3 Å². The Morgan fingerprint density at radius 1 is 1.32 bits per heavy atom. The maximum Gasteiger partial charge on any atom is 0.253 e. The maximum absolute atomic E-state index is 12.6. The van der Waals surface area contributed by atoms with Crippen LogP contribution in [0.3, 0.4) is 0 Å². The number of para-hydroxylation sites is 1. The fraction of sp³-hybridized carbons (Fsp3) is 0.300. The maximum atomic E-state index is 12.6. The predicted molar refractivity (Wildman–Crippen MR) is 109 cm³/mol. The number of nitrogens with one attached hydrogen (secondary N) is 2. The van der Waals surface area contributed by atoms with Crippen molar-refractivity contribution in [1.82, 2.24) is 15.3 Å². The largest absolute Gasteiger partial charge is 0.359 e. The van der Waals surface area contributed by atoms with Gasteiger partial charge in [0.15, 0.2) is 0 Å². The lowest BCUT2D eigenvalue weighted by Crippen LogP contribution is -2.41. The van der Waals surface area contributed by atoms with Gasteiger partial charge in [-0.3, -0.25) is 9.59 Å². The van der Waals surface area contributed by atoms with Crippen molar-refractivity contribution in [2.75, 3.05) is 23.3 Å². The summed E-state index contributed by atoms with van der Waals surface area (Å²) >= 11 is 1.57. The second-order valence-electron chi connectivity index (χ2n) is 7.15. The number of benzene rings is 1. The summed E-state index contributed by atoms with van der Waals surface area (Å²) in [5.74, 6) is 1.02. The molecule has 0 atom stereocenters. The fourth-order valence-corrected chi connectivity index (χ4v) is 4.23. The molecule has 7 nitrogen and oxygen atoms in total. The summed E-state index contributed by atoms with van der Waals surface area (Å²) in [7, 11) is 0. The Balaban J connectivity index is 1.33. The molecule has 1 aromatic carbocycles. The van der Waals surface area contributed by atoms with Crippen LogP contribution in [-0.2, 0) is 11.3 Å². The number of rotatable bonds is 5. The zero-order valence-corrected chi connectivity index (χ0v) is 16.0. The molecule has 0 saturated heterocycles. The highest BCUT2D eigenvalue weighted by Crippen LogP contribution is 2.35. The number of aromatic nitrogens is 2. The average Bonchev–Trinajstić information content (AvgIpc) is 3.44. The van der Waals surface area contributed by atoms with Gasteiger partial charge < -0.3 is 15.5 Å². The number of thiazole rings is 1. The van der Waals surface area contributed by atoms with Crippen molar-refractivity contribution in [3.8, 4) is 0 Å². The molecular formula is C20H19N5O2S. The number of anilines is 2. The first kappa shape index (κ1) is 17.1. The molecule has 142 valence electrons. The van der Waals surface area contributed by atoms with Gasteiger partial charge in [-0.05, 0) is 37.0 Å². The molecule has 1 saturated carbocycles. The summed E-state index contributed by atoms with van der Waals surface area (Å²) in [4.78, 5) is 35.6. The molecule has 2 N–H and O–H groups in total. The molecular weight excluding hydrogens is 374 g/mol. The van der Waals surface area contributed by atoms with E-state index in [1.807, 2.05) is 24.3 Å². The first-order valence-corrected chi connectivity index (χ1v) is 10.2. The van der Waals surface area contributed by atoms with Gasteiger partial charge in [0, 0.05) is 12.7 Å². The van der Waals surface area contributed by atoms with Crippen molar-refractivity contribution in [3.63, 3.8) is 0 Å². The van der Waals surface area contributed by atoms with Crippen LogP contribution >= 0.6 is 11.3 Å². The second-order valence-corrected chi connectivity index (χ2v) is 8.27. The minimum atomic E-state index is -0.223. The van der Waals surface area contributed by atoms with E-state index < -0.39 is 0 Å². The van der Waals surface area contributed by atoms with Crippen LogP contribution in [-0.4, -0.2) is 34.9 Å². The summed E-state index contributed by atoms with van der Waals surface area (Å²) in [5, 5.41) is 6.79. The molecule has 2 aliphatic rings. The van der Waals surface area contributed by atoms with Crippen LogP contribution in [0, 0.1) is 5.92 Å². The quantitative estimate of drug-likeness (QED) is 0.696. The van der Waals surface area contributed by atoms with Crippen molar-refractivity contribution < 1.29 is 9.59 Å². The van der Waals surface area contributed by atoms with Crippen LogP contribution < -0.4 is 15.5 Å².